The predicted octanol–water partition coefficient (Wildman–Crippen LogP) is 4.32. The van der Waals surface area contributed by atoms with E-state index in [1.54, 1.807) is 19.9 Å². The van der Waals surface area contributed by atoms with Crippen LogP contribution in [0.4, 0.5) is 0 Å². The predicted molar refractivity (Wildman–Crippen MR) is 120 cm³/mol. The van der Waals surface area contributed by atoms with Crippen LogP contribution in [-0.4, -0.2) is 37.4 Å². The number of carbonyl (C=O) groups is 1. The van der Waals surface area contributed by atoms with Gasteiger partial charge in [0.1, 0.15) is 0 Å². The zero-order valence-corrected chi connectivity index (χ0v) is 19.4. The Morgan fingerprint density at radius 1 is 1.20 bits per heavy atom. The van der Waals surface area contributed by atoms with Gasteiger partial charge in [-0.1, -0.05) is 22.9 Å². The van der Waals surface area contributed by atoms with Gasteiger partial charge in [0.2, 0.25) is 0 Å². The van der Waals surface area contributed by atoms with Crippen molar-refractivity contribution >= 4 is 48.9 Å². The number of benzene rings is 2. The van der Waals surface area contributed by atoms with Crippen LogP contribution in [0.1, 0.15) is 31.1 Å². The lowest BCUT2D eigenvalue weighted by molar-refractivity contribution is 0.0996. The second-order valence-electron chi connectivity index (χ2n) is 6.88. The maximum absolute atomic E-state index is 12.8. The molecule has 0 saturated heterocycles. The highest BCUT2D eigenvalue weighted by molar-refractivity contribution is 7.92. The van der Waals surface area contributed by atoms with E-state index < -0.39 is 21.0 Å². The Bertz CT molecular complexity index is 1230. The molecule has 1 amide bonds. The quantitative estimate of drug-likeness (QED) is 0.486. The van der Waals surface area contributed by atoms with Crippen molar-refractivity contribution in [1.82, 2.24) is 4.57 Å². The maximum Gasteiger partial charge on any atom is 0.279 e. The Balaban J connectivity index is 1.99. The number of carbonyl (C=O) groups excluding carboxylic acids is 1. The van der Waals surface area contributed by atoms with Crippen LogP contribution in [0.25, 0.3) is 10.2 Å². The molecule has 0 fully saturated rings. The molecule has 3 aromatic rings. The summed E-state index contributed by atoms with van der Waals surface area (Å²) in [6.45, 7) is 6.82. The normalized spacial score (nSPS) is 12.8. The number of aromatic nitrogens is 1. The van der Waals surface area contributed by atoms with Crippen molar-refractivity contribution in [3.8, 4) is 0 Å². The zero-order chi connectivity index (χ0) is 21.9. The van der Waals surface area contributed by atoms with Crippen LogP contribution in [-0.2, 0) is 21.1 Å². The smallest absolute Gasteiger partial charge is 0.279 e. The van der Waals surface area contributed by atoms with Crippen LogP contribution in [0.5, 0.6) is 0 Å². The van der Waals surface area contributed by atoms with Crippen LogP contribution < -0.4 is 4.80 Å². The molecule has 0 radical (unpaired) electrons. The molecule has 0 unspecified atom stereocenters. The van der Waals surface area contributed by atoms with Crippen LogP contribution in [0, 0.1) is 0 Å². The third-order valence-corrected chi connectivity index (χ3v) is 8.00. The van der Waals surface area contributed by atoms with E-state index in [1.807, 2.05) is 23.6 Å². The first-order chi connectivity index (χ1) is 14.2. The Hall–Kier alpha value is -2.00. The molecule has 0 aliphatic rings. The number of thiazole rings is 1. The first-order valence-corrected chi connectivity index (χ1v) is 12.3. The summed E-state index contributed by atoms with van der Waals surface area (Å²) in [4.78, 5) is 17.8. The molecule has 0 atom stereocenters. The van der Waals surface area contributed by atoms with E-state index in [9.17, 15) is 13.2 Å². The van der Waals surface area contributed by atoms with E-state index in [0.717, 1.165) is 10.2 Å². The Kier molecular flexibility index (Phi) is 7.13. The summed E-state index contributed by atoms with van der Waals surface area (Å²) in [5, 5.41) is 0.0824. The lowest BCUT2D eigenvalue weighted by atomic mass is 10.2. The van der Waals surface area contributed by atoms with Gasteiger partial charge in [0.15, 0.2) is 14.6 Å². The molecule has 9 heteroatoms. The Labute approximate surface area is 184 Å². The van der Waals surface area contributed by atoms with E-state index in [1.165, 1.54) is 35.6 Å². The van der Waals surface area contributed by atoms with E-state index in [2.05, 4.69) is 4.99 Å². The van der Waals surface area contributed by atoms with Gasteiger partial charge in [-0.2, -0.15) is 4.99 Å². The topological polar surface area (TPSA) is 77.7 Å². The molecule has 1 heterocycles. The van der Waals surface area contributed by atoms with E-state index in [-0.39, 0.29) is 4.90 Å². The summed E-state index contributed by atoms with van der Waals surface area (Å²) in [5.74, 6) is -0.439. The molecule has 0 bridgehead atoms. The minimum atomic E-state index is -3.39. The standard InChI is InChI=1S/C21H23ClN2O4S2/c1-4-28-12-11-24-18-10-7-16(22)13-19(18)29-21(24)23-20(25)15-5-8-17(9-6-15)30(26,27)14(2)3/h5-10,13-14H,4,11-12H2,1-3H3. The molecule has 30 heavy (non-hydrogen) atoms. The number of amides is 1. The number of ether oxygens (including phenoxy) is 1. The van der Waals surface area contributed by atoms with Gasteiger partial charge in [-0.3, -0.25) is 4.79 Å². The van der Waals surface area contributed by atoms with Gasteiger partial charge in [-0.15, -0.1) is 0 Å². The van der Waals surface area contributed by atoms with Crippen molar-refractivity contribution in [1.29, 1.82) is 0 Å². The molecule has 0 saturated carbocycles. The third kappa shape index (κ3) is 4.83. The van der Waals surface area contributed by atoms with E-state index >= 15 is 0 Å². The Morgan fingerprint density at radius 3 is 2.53 bits per heavy atom. The van der Waals surface area contributed by atoms with Gasteiger partial charge in [0.05, 0.1) is 27.0 Å². The molecular weight excluding hydrogens is 444 g/mol. The minimum absolute atomic E-state index is 0.192. The van der Waals surface area contributed by atoms with Crippen molar-refractivity contribution in [2.75, 3.05) is 13.2 Å². The third-order valence-electron chi connectivity index (χ3n) is 4.56. The molecule has 2 aromatic carbocycles. The summed E-state index contributed by atoms with van der Waals surface area (Å²) < 4.78 is 32.9. The molecule has 0 aliphatic heterocycles. The van der Waals surface area contributed by atoms with Gasteiger partial charge in [0.25, 0.3) is 5.91 Å². The van der Waals surface area contributed by atoms with Crippen molar-refractivity contribution in [2.45, 2.75) is 37.5 Å². The summed E-state index contributed by atoms with van der Waals surface area (Å²) in [6.07, 6.45) is 0. The van der Waals surface area contributed by atoms with E-state index in [4.69, 9.17) is 16.3 Å². The van der Waals surface area contributed by atoms with Gasteiger partial charge in [-0.05, 0) is 63.2 Å². The van der Waals surface area contributed by atoms with E-state index in [0.29, 0.717) is 35.1 Å². The molecule has 0 spiro atoms. The number of rotatable bonds is 7. The molecule has 160 valence electrons. The number of halogens is 1. The summed E-state index contributed by atoms with van der Waals surface area (Å²) >= 11 is 7.48. The zero-order valence-electron chi connectivity index (χ0n) is 17.0. The summed E-state index contributed by atoms with van der Waals surface area (Å²) in [5.41, 5.74) is 1.25. The summed E-state index contributed by atoms with van der Waals surface area (Å²) in [6, 6.07) is 11.4. The molecular formula is C21H23ClN2O4S2. The van der Waals surface area contributed by atoms with Crippen molar-refractivity contribution < 1.29 is 17.9 Å². The Morgan fingerprint density at radius 2 is 1.90 bits per heavy atom. The largest absolute Gasteiger partial charge is 0.380 e. The fourth-order valence-electron chi connectivity index (χ4n) is 2.86. The number of sulfone groups is 1. The van der Waals surface area contributed by atoms with Crippen LogP contribution in [0.15, 0.2) is 52.4 Å². The fraction of sp³-hybridized carbons (Fsp3) is 0.333. The molecule has 6 nitrogen and oxygen atoms in total. The average molecular weight is 467 g/mol. The number of hydrogen-bond acceptors (Lipinski definition) is 5. The highest BCUT2D eigenvalue weighted by Gasteiger charge is 2.19. The molecule has 0 aliphatic carbocycles. The fourth-order valence-corrected chi connectivity index (χ4v) is 5.25. The molecule has 0 N–H and O–H groups in total. The van der Waals surface area contributed by atoms with Crippen LogP contribution in [0.3, 0.4) is 0 Å². The number of nitrogens with zero attached hydrogens (tertiary/aromatic N) is 2. The lowest BCUT2D eigenvalue weighted by Gasteiger charge is -2.07. The second-order valence-corrected chi connectivity index (χ2v) is 10.8. The SMILES string of the molecule is CCOCCn1c(=NC(=O)c2ccc(S(=O)(=O)C(C)C)cc2)sc2cc(Cl)ccc21. The highest BCUT2D eigenvalue weighted by Crippen LogP contribution is 2.22. The molecule has 3 rings (SSSR count). The van der Waals surface area contributed by atoms with Crippen molar-refractivity contribution in [3.05, 3.63) is 57.9 Å². The van der Waals surface area contributed by atoms with Crippen molar-refractivity contribution in [2.24, 2.45) is 4.99 Å². The van der Waals surface area contributed by atoms with Gasteiger partial charge in [-0.25, -0.2) is 8.42 Å². The first-order valence-electron chi connectivity index (χ1n) is 9.53. The second kappa shape index (κ2) is 9.43. The summed E-state index contributed by atoms with van der Waals surface area (Å²) in [7, 11) is -3.39. The monoisotopic (exact) mass is 466 g/mol. The van der Waals surface area contributed by atoms with Crippen molar-refractivity contribution in [3.63, 3.8) is 0 Å². The maximum atomic E-state index is 12.8. The van der Waals surface area contributed by atoms with Crippen LogP contribution in [0.2, 0.25) is 5.02 Å². The van der Waals surface area contributed by atoms with Gasteiger partial charge in [0, 0.05) is 23.7 Å². The van der Waals surface area contributed by atoms with Crippen LogP contribution >= 0.6 is 22.9 Å². The number of hydrogen-bond donors (Lipinski definition) is 0. The minimum Gasteiger partial charge on any atom is -0.380 e. The lowest BCUT2D eigenvalue weighted by Crippen LogP contribution is -2.19. The van der Waals surface area contributed by atoms with Gasteiger partial charge < -0.3 is 9.30 Å². The number of fused-ring (bicyclic) bond motifs is 1. The molecule has 1 aromatic heterocycles. The van der Waals surface area contributed by atoms with Gasteiger partial charge >= 0.3 is 0 Å². The highest BCUT2D eigenvalue weighted by atomic mass is 35.5. The first kappa shape index (κ1) is 22.7. The average Bonchev–Trinajstić information content (AvgIpc) is 3.04.